The van der Waals surface area contributed by atoms with E-state index in [-0.39, 0.29) is 17.9 Å². The Hall–Kier alpha value is -1.35. The fraction of sp³-hybridized carbons (Fsp3) is 0.739. The summed E-state index contributed by atoms with van der Waals surface area (Å²) in [5.74, 6) is 0.445. The van der Waals surface area contributed by atoms with E-state index in [2.05, 4.69) is 25.2 Å². The van der Waals surface area contributed by atoms with E-state index in [1.54, 1.807) is 13.0 Å². The van der Waals surface area contributed by atoms with Crippen molar-refractivity contribution in [2.24, 2.45) is 17.8 Å². The number of alkyl halides is 1. The van der Waals surface area contributed by atoms with E-state index in [9.17, 15) is 15.0 Å². The zero-order valence-electron chi connectivity index (χ0n) is 18.0. The van der Waals surface area contributed by atoms with Gasteiger partial charge in [-0.15, -0.1) is 11.6 Å². The maximum atomic E-state index is 10.5. The molecule has 1 aliphatic carbocycles. The second-order valence-corrected chi connectivity index (χ2v) is 8.48. The molecule has 6 atom stereocenters. The average Bonchev–Trinajstić information content (AvgIpc) is 2.89. The third-order valence-electron chi connectivity index (χ3n) is 5.23. The van der Waals surface area contributed by atoms with Crippen LogP contribution in [-0.4, -0.2) is 38.9 Å². The molecule has 29 heavy (non-hydrogen) atoms. The van der Waals surface area contributed by atoms with Crippen molar-refractivity contribution in [1.82, 2.24) is 0 Å². The van der Waals surface area contributed by atoms with Crippen LogP contribution in [-0.2, 0) is 4.79 Å². The van der Waals surface area contributed by atoms with Gasteiger partial charge >= 0.3 is 5.97 Å². The smallest absolute Gasteiger partial charge is 0.303 e. The predicted octanol–water partition coefficient (Wildman–Crippen LogP) is 5.07. The standard InChI is InChI=1S/C21H35ClO4.C2H3N/c1-15-14-20(22)19(10-5-3-4-6-11-21(25)26)18(15)13-12-17(24)9-7-8-16(2)23;1-2-3/h3,5,12-13,15-20,23-24H,4,6-11,14H2,1-2H3,(H,25,26);1H3/b5-3-,13-12+;/t15-,16?,17+,18?,19-,20?;/m1./s1. The van der Waals surface area contributed by atoms with Crippen LogP contribution in [0.4, 0.5) is 0 Å². The van der Waals surface area contributed by atoms with Crippen LogP contribution in [0, 0.1) is 29.1 Å². The van der Waals surface area contributed by atoms with Crippen molar-refractivity contribution in [2.45, 2.75) is 89.7 Å². The second-order valence-electron chi connectivity index (χ2n) is 7.92. The van der Waals surface area contributed by atoms with Crippen LogP contribution in [0.25, 0.3) is 0 Å². The van der Waals surface area contributed by atoms with Crippen molar-refractivity contribution in [1.29, 1.82) is 5.26 Å². The average molecular weight is 428 g/mol. The molecule has 3 unspecified atom stereocenters. The van der Waals surface area contributed by atoms with E-state index >= 15 is 0 Å². The molecule has 3 N–H and O–H groups in total. The first-order chi connectivity index (χ1) is 13.7. The molecule has 1 fully saturated rings. The monoisotopic (exact) mass is 427 g/mol. The molecule has 1 aliphatic rings. The zero-order chi connectivity index (χ0) is 22.2. The number of aliphatic hydroxyl groups excluding tert-OH is 2. The van der Waals surface area contributed by atoms with E-state index in [4.69, 9.17) is 22.0 Å². The number of nitrogens with zero attached hydrogens (tertiary/aromatic N) is 1. The molecule has 5 nitrogen and oxygen atoms in total. The van der Waals surface area contributed by atoms with Gasteiger partial charge in [0.15, 0.2) is 0 Å². The molecular weight excluding hydrogens is 390 g/mol. The van der Waals surface area contributed by atoms with Gasteiger partial charge in [-0.05, 0) is 69.6 Å². The number of aliphatic carboxylic acids is 1. The van der Waals surface area contributed by atoms with Crippen molar-refractivity contribution < 1.29 is 20.1 Å². The lowest BCUT2D eigenvalue weighted by Gasteiger charge is -2.20. The molecule has 0 saturated heterocycles. The third kappa shape index (κ3) is 13.5. The molecule has 6 heteroatoms. The van der Waals surface area contributed by atoms with Crippen molar-refractivity contribution in [3.05, 3.63) is 24.3 Å². The number of hydrogen-bond acceptors (Lipinski definition) is 4. The molecule has 0 aromatic heterocycles. The third-order valence-corrected chi connectivity index (χ3v) is 5.73. The van der Waals surface area contributed by atoms with Crippen molar-refractivity contribution in [3.63, 3.8) is 0 Å². The highest BCUT2D eigenvalue weighted by Gasteiger charge is 2.37. The van der Waals surface area contributed by atoms with Crippen molar-refractivity contribution in [3.8, 4) is 6.07 Å². The lowest BCUT2D eigenvalue weighted by atomic mass is 9.87. The van der Waals surface area contributed by atoms with E-state index in [1.807, 2.05) is 6.08 Å². The Kier molecular flexibility index (Phi) is 15.7. The molecule has 0 amide bonds. The Bertz CT molecular complexity index is 541. The number of hydrogen-bond donors (Lipinski definition) is 3. The topological polar surface area (TPSA) is 102 Å². The van der Waals surface area contributed by atoms with Gasteiger partial charge < -0.3 is 15.3 Å². The van der Waals surface area contributed by atoms with Crippen LogP contribution in [0.5, 0.6) is 0 Å². The van der Waals surface area contributed by atoms with Gasteiger partial charge in [-0.2, -0.15) is 5.26 Å². The van der Waals surface area contributed by atoms with Crippen LogP contribution in [0.15, 0.2) is 24.3 Å². The fourth-order valence-electron chi connectivity index (χ4n) is 3.70. The summed E-state index contributed by atoms with van der Waals surface area (Å²) in [7, 11) is 0. The lowest BCUT2D eigenvalue weighted by molar-refractivity contribution is -0.137. The van der Waals surface area contributed by atoms with Gasteiger partial charge in [0.2, 0.25) is 0 Å². The molecule has 166 valence electrons. The summed E-state index contributed by atoms with van der Waals surface area (Å²) in [6.07, 6.45) is 13.1. The molecule has 0 radical (unpaired) electrons. The summed E-state index contributed by atoms with van der Waals surface area (Å²) in [5.41, 5.74) is 0. The van der Waals surface area contributed by atoms with Crippen molar-refractivity contribution >= 4 is 17.6 Å². The van der Waals surface area contributed by atoms with Crippen LogP contribution < -0.4 is 0 Å². The highest BCUT2D eigenvalue weighted by atomic mass is 35.5. The quantitative estimate of drug-likeness (QED) is 0.229. The summed E-state index contributed by atoms with van der Waals surface area (Å²) in [4.78, 5) is 10.5. The molecule has 0 bridgehead atoms. The summed E-state index contributed by atoms with van der Waals surface area (Å²) in [6.45, 7) is 5.41. The zero-order valence-corrected chi connectivity index (χ0v) is 18.8. The van der Waals surface area contributed by atoms with Gasteiger partial charge in [-0.3, -0.25) is 4.79 Å². The number of unbranched alkanes of at least 4 members (excludes halogenated alkanes) is 1. The number of carbonyl (C=O) groups is 1. The minimum absolute atomic E-state index is 0.135. The number of nitriles is 1. The maximum Gasteiger partial charge on any atom is 0.303 e. The van der Waals surface area contributed by atoms with Crippen LogP contribution in [0.1, 0.15) is 72.1 Å². The SMILES string of the molecule is CC#N.CC(O)CCC[C@H](O)/C=C/C1[C@@H](C/C=C\CCCC(=O)O)C(Cl)C[C@H]1C. The molecule has 0 heterocycles. The molecule has 1 rings (SSSR count). The van der Waals surface area contributed by atoms with E-state index in [1.165, 1.54) is 6.92 Å². The lowest BCUT2D eigenvalue weighted by Crippen LogP contribution is -2.15. The first-order valence-corrected chi connectivity index (χ1v) is 11.0. The Morgan fingerprint density at radius 3 is 2.52 bits per heavy atom. The Labute approximate surface area is 181 Å². The van der Waals surface area contributed by atoms with Crippen LogP contribution in [0.2, 0.25) is 0 Å². The summed E-state index contributed by atoms with van der Waals surface area (Å²) >= 11 is 6.55. The van der Waals surface area contributed by atoms with Gasteiger partial charge in [0.05, 0.1) is 18.3 Å². The Balaban J connectivity index is 0.00000245. The molecule has 0 aromatic rings. The summed E-state index contributed by atoms with van der Waals surface area (Å²) < 4.78 is 0. The van der Waals surface area contributed by atoms with E-state index in [0.29, 0.717) is 37.0 Å². The van der Waals surface area contributed by atoms with E-state index < -0.39 is 12.1 Å². The van der Waals surface area contributed by atoms with Gasteiger partial charge in [-0.1, -0.05) is 31.2 Å². The van der Waals surface area contributed by atoms with Gasteiger partial charge in [-0.25, -0.2) is 0 Å². The van der Waals surface area contributed by atoms with Gasteiger partial charge in [0.1, 0.15) is 0 Å². The number of halogens is 1. The summed E-state index contributed by atoms with van der Waals surface area (Å²) in [5, 5.41) is 35.5. The largest absolute Gasteiger partial charge is 0.481 e. The minimum atomic E-state index is -0.749. The Morgan fingerprint density at radius 1 is 1.28 bits per heavy atom. The molecule has 1 saturated carbocycles. The first-order valence-electron chi connectivity index (χ1n) is 10.6. The predicted molar refractivity (Wildman–Crippen MR) is 118 cm³/mol. The minimum Gasteiger partial charge on any atom is -0.481 e. The Morgan fingerprint density at radius 2 is 1.93 bits per heavy atom. The number of carboxylic acids is 1. The first kappa shape index (κ1) is 27.6. The molecule has 0 spiro atoms. The highest BCUT2D eigenvalue weighted by molar-refractivity contribution is 6.21. The van der Waals surface area contributed by atoms with Gasteiger partial charge in [0, 0.05) is 18.7 Å². The number of allylic oxidation sites excluding steroid dienone is 3. The van der Waals surface area contributed by atoms with Gasteiger partial charge in [0.25, 0.3) is 0 Å². The molecule has 0 aliphatic heterocycles. The van der Waals surface area contributed by atoms with Crippen LogP contribution in [0.3, 0.4) is 0 Å². The highest BCUT2D eigenvalue weighted by Crippen LogP contribution is 2.43. The number of carboxylic acid groups (broad SMARTS) is 1. The summed E-state index contributed by atoms with van der Waals surface area (Å²) in [6, 6.07) is 1.75. The second kappa shape index (κ2) is 16.4. The van der Waals surface area contributed by atoms with Crippen LogP contribution >= 0.6 is 11.6 Å². The van der Waals surface area contributed by atoms with E-state index in [0.717, 1.165) is 25.7 Å². The maximum absolute atomic E-state index is 10.5. The fourth-order valence-corrected chi connectivity index (χ4v) is 4.26. The molecular formula is C23H38ClNO4. The number of rotatable bonds is 12. The number of aliphatic hydroxyl groups is 2. The van der Waals surface area contributed by atoms with Crippen molar-refractivity contribution in [2.75, 3.05) is 0 Å². The molecule has 0 aromatic carbocycles. The normalized spacial score (nSPS) is 26.1.